The largest absolute Gasteiger partial charge is 0.423 e. The molecule has 3 fully saturated rings. The number of carbonyl (C=O) groups excluding carboxylic acids is 2. The van der Waals surface area contributed by atoms with E-state index in [9.17, 15) is 19.8 Å². The van der Waals surface area contributed by atoms with E-state index in [4.69, 9.17) is 9.47 Å². The highest BCUT2D eigenvalue weighted by molar-refractivity contribution is 6.04. The van der Waals surface area contributed by atoms with Crippen molar-refractivity contribution in [3.05, 3.63) is 41.6 Å². The second-order valence-corrected chi connectivity index (χ2v) is 14.4. The Labute approximate surface area is 273 Å². The van der Waals surface area contributed by atoms with Crippen LogP contribution < -0.4 is 10.6 Å². The van der Waals surface area contributed by atoms with Crippen molar-refractivity contribution in [2.45, 2.75) is 76.7 Å². The number of esters is 1. The first-order valence-corrected chi connectivity index (χ1v) is 16.4. The standard InChI is InChI=1S/C34H43N7O6/c1-19(29(44)40-31-35-9-10-36-31)39-23(22-13-21(47-30(22)45)11-20-12-24-28(37-15-20)41(4)18-38-24)14-26-32(2)7-6-27(43)33(3,16-42)25(32)5-8-34(26)17-46-34/h9,11-13,15,18-19,23,25-27,39,42-43H,5-8,10,14,16-17H2,1-4H3,(H,36,40,44)/b21-11+/t19?,23?,25?,26?,27-,32+,33+,34?/m1/s1. The van der Waals surface area contributed by atoms with E-state index in [-0.39, 0.29) is 41.3 Å². The number of rotatable bonds is 8. The van der Waals surface area contributed by atoms with Crippen LogP contribution in [-0.4, -0.2) is 92.3 Å². The molecule has 0 bridgehead atoms. The molecule has 0 aromatic carbocycles. The maximum Gasteiger partial charge on any atom is 0.341 e. The van der Waals surface area contributed by atoms with Gasteiger partial charge in [-0.15, -0.1) is 0 Å². The Morgan fingerprint density at radius 1 is 1.26 bits per heavy atom. The minimum Gasteiger partial charge on any atom is -0.423 e. The summed E-state index contributed by atoms with van der Waals surface area (Å²) in [4.78, 5) is 44.0. The number of guanidine groups is 1. The lowest BCUT2D eigenvalue weighted by Crippen LogP contribution is -2.61. The average molecular weight is 646 g/mol. The third kappa shape index (κ3) is 5.52. The summed E-state index contributed by atoms with van der Waals surface area (Å²) in [6.45, 7) is 6.93. The molecule has 1 saturated heterocycles. The second kappa shape index (κ2) is 11.7. The zero-order chi connectivity index (χ0) is 33.1. The van der Waals surface area contributed by atoms with Gasteiger partial charge < -0.3 is 24.3 Å². The summed E-state index contributed by atoms with van der Waals surface area (Å²) in [5.74, 6) is -0.122. The number of amides is 1. The Hall–Kier alpha value is -3.78. The number of hydrogen-bond acceptors (Lipinski definition) is 11. The van der Waals surface area contributed by atoms with Crippen LogP contribution in [0.4, 0.5) is 0 Å². The summed E-state index contributed by atoms with van der Waals surface area (Å²) in [7, 11) is 1.88. The Morgan fingerprint density at radius 2 is 2.06 bits per heavy atom. The number of imidazole rings is 1. The maximum atomic E-state index is 13.6. The molecule has 47 heavy (non-hydrogen) atoms. The zero-order valence-corrected chi connectivity index (χ0v) is 27.3. The molecule has 0 radical (unpaired) electrons. The van der Waals surface area contributed by atoms with Crippen LogP contribution in [0.15, 0.2) is 46.0 Å². The fraction of sp³-hybridized carbons (Fsp3) is 0.588. The molecule has 2 aromatic rings. The number of cyclic esters (lactones) is 1. The van der Waals surface area contributed by atoms with Gasteiger partial charge in [-0.25, -0.2) is 24.7 Å². The molecule has 7 rings (SSSR count). The molecule has 4 N–H and O–H groups in total. The zero-order valence-electron chi connectivity index (χ0n) is 27.3. The summed E-state index contributed by atoms with van der Waals surface area (Å²) < 4.78 is 13.8. The second-order valence-electron chi connectivity index (χ2n) is 14.4. The molecule has 5 heterocycles. The Bertz CT molecular complexity index is 1730. The normalized spacial score (nSPS) is 35.1. The van der Waals surface area contributed by atoms with Gasteiger partial charge in [-0.05, 0) is 80.1 Å². The highest BCUT2D eigenvalue weighted by Gasteiger charge is 2.67. The number of pyridine rings is 1. The highest BCUT2D eigenvalue weighted by Crippen LogP contribution is 2.66. The molecule has 1 amide bonds. The summed E-state index contributed by atoms with van der Waals surface area (Å²) in [5.41, 5.74) is 1.35. The topological polar surface area (TPSA) is 176 Å². The van der Waals surface area contributed by atoms with Gasteiger partial charge in [0.1, 0.15) is 11.3 Å². The van der Waals surface area contributed by atoms with E-state index in [0.717, 1.165) is 36.0 Å². The first-order chi connectivity index (χ1) is 22.5. The fourth-order valence-corrected chi connectivity index (χ4v) is 8.80. The van der Waals surface area contributed by atoms with E-state index >= 15 is 0 Å². The summed E-state index contributed by atoms with van der Waals surface area (Å²) in [6.07, 6.45) is 11.4. The van der Waals surface area contributed by atoms with Gasteiger partial charge in [0.2, 0.25) is 11.9 Å². The number of aliphatic imine (C=N–C) groups is 2. The molecule has 2 saturated carbocycles. The third-order valence-corrected chi connectivity index (χ3v) is 11.5. The summed E-state index contributed by atoms with van der Waals surface area (Å²) >= 11 is 0. The van der Waals surface area contributed by atoms with Gasteiger partial charge in [-0.1, -0.05) is 13.8 Å². The Morgan fingerprint density at radius 3 is 2.79 bits per heavy atom. The third-order valence-electron chi connectivity index (χ3n) is 11.5. The quantitative estimate of drug-likeness (QED) is 0.247. The van der Waals surface area contributed by atoms with Crippen molar-refractivity contribution in [1.29, 1.82) is 0 Å². The molecule has 5 unspecified atom stereocenters. The lowest BCUT2D eigenvalue weighted by atomic mass is 9.44. The van der Waals surface area contributed by atoms with Gasteiger partial charge in [0.25, 0.3) is 0 Å². The maximum absolute atomic E-state index is 13.6. The van der Waals surface area contributed by atoms with Gasteiger partial charge >= 0.3 is 5.97 Å². The van der Waals surface area contributed by atoms with Crippen LogP contribution in [0.1, 0.15) is 58.4 Å². The van der Waals surface area contributed by atoms with E-state index in [0.29, 0.717) is 37.3 Å². The number of nitrogens with one attached hydrogen (secondary N) is 2. The number of hydrogen-bond donors (Lipinski definition) is 4. The highest BCUT2D eigenvalue weighted by atomic mass is 16.6. The van der Waals surface area contributed by atoms with Crippen molar-refractivity contribution in [1.82, 2.24) is 25.2 Å². The molecule has 1 spiro atoms. The molecule has 3 aliphatic heterocycles. The van der Waals surface area contributed by atoms with Crippen LogP contribution in [0.3, 0.4) is 0 Å². The lowest BCUT2D eigenvalue weighted by Gasteiger charge is -2.61. The number of aliphatic hydroxyl groups excluding tert-OH is 2. The number of aryl methyl sites for hydroxylation is 1. The van der Waals surface area contributed by atoms with E-state index in [1.54, 1.807) is 37.8 Å². The monoisotopic (exact) mass is 645 g/mol. The molecule has 13 nitrogen and oxygen atoms in total. The molecule has 8 atom stereocenters. The molecule has 5 aliphatic rings. The SMILES string of the molecule is CC(NC(CC1C2(CCC3[C@]1(C)CC[C@@H](O)[C@@]3(C)CO)CO2)C1=C/C(=C\c2cnc3c(c2)ncn3C)OC1=O)C(=O)NC1=NCC=N1. The van der Waals surface area contributed by atoms with Crippen LogP contribution in [0.5, 0.6) is 0 Å². The smallest absolute Gasteiger partial charge is 0.341 e. The van der Waals surface area contributed by atoms with Gasteiger partial charge in [0.15, 0.2) is 5.65 Å². The summed E-state index contributed by atoms with van der Waals surface area (Å²) in [6, 6.07) is 0.627. The van der Waals surface area contributed by atoms with Gasteiger partial charge in [0, 0.05) is 30.9 Å². The van der Waals surface area contributed by atoms with Crippen LogP contribution in [0.2, 0.25) is 0 Å². The number of aromatic nitrogens is 3. The molecule has 13 heteroatoms. The molecular formula is C34H43N7O6. The molecule has 2 aliphatic carbocycles. The minimum absolute atomic E-state index is 0.0128. The molecule has 250 valence electrons. The van der Waals surface area contributed by atoms with Crippen LogP contribution in [0.25, 0.3) is 17.2 Å². The van der Waals surface area contributed by atoms with Crippen molar-refractivity contribution < 1.29 is 29.3 Å². The minimum atomic E-state index is -0.699. The lowest BCUT2D eigenvalue weighted by molar-refractivity contribution is -0.177. The number of epoxide rings is 1. The van der Waals surface area contributed by atoms with Gasteiger partial charge in [-0.3, -0.25) is 15.4 Å². The number of nitrogens with zero attached hydrogens (tertiary/aromatic N) is 5. The molecular weight excluding hydrogens is 602 g/mol. The predicted molar refractivity (Wildman–Crippen MR) is 174 cm³/mol. The van der Waals surface area contributed by atoms with E-state index < -0.39 is 29.6 Å². The van der Waals surface area contributed by atoms with Crippen LogP contribution in [-0.2, 0) is 26.1 Å². The number of allylic oxidation sites excluding steroid dienone is 1. The van der Waals surface area contributed by atoms with Crippen LogP contribution in [0, 0.1) is 22.7 Å². The first kappa shape index (κ1) is 31.8. The number of ether oxygens (including phenoxy) is 2. The summed E-state index contributed by atoms with van der Waals surface area (Å²) in [5, 5.41) is 27.8. The number of aliphatic hydroxyl groups is 2. The van der Waals surface area contributed by atoms with E-state index in [1.807, 2.05) is 24.6 Å². The van der Waals surface area contributed by atoms with Crippen LogP contribution >= 0.6 is 0 Å². The Balaban J connectivity index is 1.22. The van der Waals surface area contributed by atoms with Gasteiger partial charge in [-0.2, -0.15) is 0 Å². The van der Waals surface area contributed by atoms with Crippen molar-refractivity contribution >= 4 is 41.3 Å². The fourth-order valence-electron chi connectivity index (χ4n) is 8.80. The molecule has 2 aromatic heterocycles. The van der Waals surface area contributed by atoms with E-state index in [1.165, 1.54) is 0 Å². The first-order valence-electron chi connectivity index (χ1n) is 16.4. The van der Waals surface area contributed by atoms with Crippen molar-refractivity contribution in [3.8, 4) is 0 Å². The predicted octanol–water partition coefficient (Wildman–Crippen LogP) is 2.04. The number of fused-ring (bicyclic) bond motifs is 2. The van der Waals surface area contributed by atoms with Crippen molar-refractivity contribution in [2.75, 3.05) is 19.8 Å². The Kier molecular flexibility index (Phi) is 7.93. The average Bonchev–Trinajstić information content (AvgIpc) is 3.31. The van der Waals surface area contributed by atoms with Crippen molar-refractivity contribution in [2.24, 2.45) is 39.7 Å². The number of carbonyl (C=O) groups is 2. The van der Waals surface area contributed by atoms with Crippen molar-refractivity contribution in [3.63, 3.8) is 0 Å². The van der Waals surface area contributed by atoms with Gasteiger partial charge in [0.05, 0.1) is 49.4 Å². The van der Waals surface area contributed by atoms with E-state index in [2.05, 4.69) is 37.5 Å².